The van der Waals surface area contributed by atoms with Crippen molar-refractivity contribution in [2.45, 2.75) is 44.2 Å². The molecule has 1 atom stereocenters. The van der Waals surface area contributed by atoms with Gasteiger partial charge in [0.2, 0.25) is 0 Å². The van der Waals surface area contributed by atoms with Gasteiger partial charge in [0.15, 0.2) is 5.82 Å². The molecule has 5 rings (SSSR count). The van der Waals surface area contributed by atoms with E-state index in [-0.39, 0.29) is 6.04 Å². The Balaban J connectivity index is 1.47. The molecule has 0 radical (unpaired) electrons. The molecule has 2 aliphatic rings. The normalized spacial score (nSPS) is 18.1. The van der Waals surface area contributed by atoms with Gasteiger partial charge in [-0.25, -0.2) is 4.68 Å². The zero-order valence-electron chi connectivity index (χ0n) is 21.5. The second-order valence-electron chi connectivity index (χ2n) is 9.50. The second-order valence-corrected chi connectivity index (χ2v) is 9.50. The number of anilines is 1. The van der Waals surface area contributed by atoms with Crippen LogP contribution >= 0.6 is 0 Å². The van der Waals surface area contributed by atoms with Crippen LogP contribution in [0.1, 0.15) is 55.6 Å². The van der Waals surface area contributed by atoms with E-state index in [1.54, 1.807) is 21.3 Å². The number of aromatic nitrogens is 4. The van der Waals surface area contributed by atoms with Crippen molar-refractivity contribution in [3.8, 4) is 17.2 Å². The summed E-state index contributed by atoms with van der Waals surface area (Å²) >= 11 is 0. The molecule has 0 spiro atoms. The van der Waals surface area contributed by atoms with Gasteiger partial charge in [0.05, 0.1) is 27.4 Å². The first-order chi connectivity index (χ1) is 17.7. The lowest BCUT2D eigenvalue weighted by molar-refractivity contribution is 0.190. The average Bonchev–Trinajstić information content (AvgIpc) is 3.43. The van der Waals surface area contributed by atoms with E-state index in [9.17, 15) is 0 Å². The molecule has 1 aliphatic carbocycles. The second kappa shape index (κ2) is 11.2. The Kier molecular flexibility index (Phi) is 7.55. The number of ether oxygens (including phenoxy) is 3. The standard InChI is InChI=1S/C27H36N6O3/c1-34-22-11-9-20(10-12-22)31-15-17-32(18-16-31)26(24-19-23(35-2)13-14-25(24)36-3)27-28-29-30-33(27)21-7-5-4-6-8-21/h9-14,19,21,26H,4-8,15-18H2,1-3H3/t26-/m0/s1. The molecule has 36 heavy (non-hydrogen) atoms. The smallest absolute Gasteiger partial charge is 0.173 e. The fourth-order valence-electron chi connectivity index (χ4n) is 5.55. The van der Waals surface area contributed by atoms with E-state index in [0.717, 1.165) is 67.7 Å². The highest BCUT2D eigenvalue weighted by Crippen LogP contribution is 2.39. The summed E-state index contributed by atoms with van der Waals surface area (Å²) in [6.07, 6.45) is 5.96. The van der Waals surface area contributed by atoms with Gasteiger partial charge < -0.3 is 19.1 Å². The van der Waals surface area contributed by atoms with Gasteiger partial charge in [-0.2, -0.15) is 0 Å². The summed E-state index contributed by atoms with van der Waals surface area (Å²) in [5, 5.41) is 13.3. The summed E-state index contributed by atoms with van der Waals surface area (Å²) in [5.41, 5.74) is 2.24. The molecule has 2 fully saturated rings. The van der Waals surface area contributed by atoms with Crippen molar-refractivity contribution in [1.82, 2.24) is 25.1 Å². The minimum Gasteiger partial charge on any atom is -0.497 e. The molecular weight excluding hydrogens is 456 g/mol. The number of rotatable bonds is 8. The van der Waals surface area contributed by atoms with Gasteiger partial charge in [-0.15, -0.1) is 5.10 Å². The molecular formula is C27H36N6O3. The van der Waals surface area contributed by atoms with Gasteiger partial charge >= 0.3 is 0 Å². The molecule has 0 unspecified atom stereocenters. The molecule has 1 saturated carbocycles. The Hall–Kier alpha value is -3.33. The highest BCUT2D eigenvalue weighted by atomic mass is 16.5. The van der Waals surface area contributed by atoms with Crippen molar-refractivity contribution >= 4 is 5.69 Å². The molecule has 3 aromatic rings. The van der Waals surface area contributed by atoms with E-state index in [1.807, 2.05) is 24.3 Å². The molecule has 9 heteroatoms. The van der Waals surface area contributed by atoms with Crippen LogP contribution in [0, 0.1) is 0 Å². The quantitative estimate of drug-likeness (QED) is 0.465. The number of tetrazole rings is 1. The summed E-state index contributed by atoms with van der Waals surface area (Å²) in [4.78, 5) is 4.89. The van der Waals surface area contributed by atoms with E-state index in [0.29, 0.717) is 6.04 Å². The Labute approximate surface area is 212 Å². The lowest BCUT2D eigenvalue weighted by Gasteiger charge is -2.40. The van der Waals surface area contributed by atoms with Crippen molar-refractivity contribution in [1.29, 1.82) is 0 Å². The first-order valence-corrected chi connectivity index (χ1v) is 12.8. The SMILES string of the molecule is COc1ccc(N2CCN([C@@H](c3cc(OC)ccc3OC)c3nnnn3C3CCCCC3)CC2)cc1. The first-order valence-electron chi connectivity index (χ1n) is 12.8. The van der Waals surface area contributed by atoms with Gasteiger partial charge in [-0.1, -0.05) is 19.3 Å². The van der Waals surface area contributed by atoms with Gasteiger partial charge in [0, 0.05) is 37.4 Å². The molecule has 0 N–H and O–H groups in total. The minimum atomic E-state index is -0.134. The average molecular weight is 493 g/mol. The van der Waals surface area contributed by atoms with Crippen LogP contribution in [0.25, 0.3) is 0 Å². The van der Waals surface area contributed by atoms with Crippen LogP contribution in [-0.2, 0) is 0 Å². The number of nitrogens with zero attached hydrogens (tertiary/aromatic N) is 6. The Morgan fingerprint density at radius 2 is 1.50 bits per heavy atom. The highest BCUT2D eigenvalue weighted by Gasteiger charge is 2.34. The van der Waals surface area contributed by atoms with Crippen molar-refractivity contribution in [2.75, 3.05) is 52.4 Å². The van der Waals surface area contributed by atoms with Crippen molar-refractivity contribution < 1.29 is 14.2 Å². The van der Waals surface area contributed by atoms with Gasteiger partial charge in [-0.05, 0) is 65.7 Å². The fraction of sp³-hybridized carbons (Fsp3) is 0.519. The predicted molar refractivity (Wildman–Crippen MR) is 138 cm³/mol. The van der Waals surface area contributed by atoms with E-state index < -0.39 is 0 Å². The summed E-state index contributed by atoms with van der Waals surface area (Å²) < 4.78 is 18.8. The molecule has 1 saturated heterocycles. The lowest BCUT2D eigenvalue weighted by atomic mass is 9.94. The summed E-state index contributed by atoms with van der Waals surface area (Å²) in [6, 6.07) is 14.5. The predicted octanol–water partition coefficient (Wildman–Crippen LogP) is 4.12. The maximum atomic E-state index is 5.83. The van der Waals surface area contributed by atoms with E-state index >= 15 is 0 Å². The Morgan fingerprint density at radius 3 is 2.17 bits per heavy atom. The van der Waals surface area contributed by atoms with Gasteiger partial charge in [0.25, 0.3) is 0 Å². The maximum absolute atomic E-state index is 5.83. The number of methoxy groups -OCH3 is 3. The molecule has 0 bridgehead atoms. The third-order valence-corrected chi connectivity index (χ3v) is 7.53. The highest BCUT2D eigenvalue weighted by molar-refractivity contribution is 5.50. The number of hydrogen-bond donors (Lipinski definition) is 0. The van der Waals surface area contributed by atoms with Gasteiger partial charge in [-0.3, -0.25) is 4.90 Å². The Morgan fingerprint density at radius 1 is 0.806 bits per heavy atom. The zero-order chi connectivity index (χ0) is 24.9. The molecule has 0 amide bonds. The van der Waals surface area contributed by atoms with E-state index in [2.05, 4.69) is 48.2 Å². The monoisotopic (exact) mass is 492 g/mol. The van der Waals surface area contributed by atoms with E-state index in [4.69, 9.17) is 14.2 Å². The lowest BCUT2D eigenvalue weighted by Crippen LogP contribution is -2.48. The molecule has 192 valence electrons. The van der Waals surface area contributed by atoms with Crippen LogP contribution < -0.4 is 19.1 Å². The van der Waals surface area contributed by atoms with Gasteiger partial charge in [0.1, 0.15) is 23.3 Å². The number of benzene rings is 2. The summed E-state index contributed by atoms with van der Waals surface area (Å²) in [5.74, 6) is 3.37. The molecule has 1 aliphatic heterocycles. The van der Waals surface area contributed by atoms with Crippen LogP contribution in [0.15, 0.2) is 42.5 Å². The van der Waals surface area contributed by atoms with E-state index in [1.165, 1.54) is 24.9 Å². The molecule has 1 aromatic heterocycles. The van der Waals surface area contributed by atoms with Crippen LogP contribution in [0.5, 0.6) is 17.2 Å². The van der Waals surface area contributed by atoms with Crippen molar-refractivity contribution in [2.24, 2.45) is 0 Å². The summed E-state index contributed by atoms with van der Waals surface area (Å²) in [6.45, 7) is 3.55. The molecule has 9 nitrogen and oxygen atoms in total. The zero-order valence-corrected chi connectivity index (χ0v) is 21.5. The number of hydrogen-bond acceptors (Lipinski definition) is 8. The first kappa shape index (κ1) is 24.4. The van der Waals surface area contributed by atoms with Crippen molar-refractivity contribution in [3.05, 3.63) is 53.9 Å². The maximum Gasteiger partial charge on any atom is 0.173 e. The fourth-order valence-corrected chi connectivity index (χ4v) is 5.55. The molecule has 2 aromatic carbocycles. The minimum absolute atomic E-state index is 0.134. The van der Waals surface area contributed by atoms with Crippen LogP contribution in [0.3, 0.4) is 0 Å². The van der Waals surface area contributed by atoms with Crippen LogP contribution in [0.4, 0.5) is 5.69 Å². The Bertz CT molecular complexity index is 1120. The molecule has 2 heterocycles. The topological polar surface area (TPSA) is 77.8 Å². The third kappa shape index (κ3) is 4.97. The van der Waals surface area contributed by atoms with Crippen LogP contribution in [-0.4, -0.2) is 72.6 Å². The van der Waals surface area contributed by atoms with Crippen LogP contribution in [0.2, 0.25) is 0 Å². The third-order valence-electron chi connectivity index (χ3n) is 7.53. The summed E-state index contributed by atoms with van der Waals surface area (Å²) in [7, 11) is 5.11. The largest absolute Gasteiger partial charge is 0.497 e. The number of piperazine rings is 1. The van der Waals surface area contributed by atoms with Crippen molar-refractivity contribution in [3.63, 3.8) is 0 Å².